The number of carboxylic acids is 1. The molecule has 0 aliphatic heterocycles. The second kappa shape index (κ2) is 9.62. The minimum absolute atomic E-state index is 0.149. The van der Waals surface area contributed by atoms with Gasteiger partial charge in [-0.3, -0.25) is 9.59 Å². The zero-order chi connectivity index (χ0) is 22.5. The van der Waals surface area contributed by atoms with Crippen molar-refractivity contribution in [2.45, 2.75) is 26.3 Å². The molecular weight excluding hydrogens is 416 g/mol. The number of ether oxygens (including phenoxy) is 1. The van der Waals surface area contributed by atoms with Crippen molar-refractivity contribution < 1.29 is 19.4 Å². The molecule has 160 valence electrons. The average Bonchev–Trinajstić information content (AvgIpc) is 2.72. The molecular formula is C24H23ClN2O4. The van der Waals surface area contributed by atoms with Crippen LogP contribution in [0.25, 0.3) is 11.3 Å². The zero-order valence-corrected chi connectivity index (χ0v) is 18.2. The van der Waals surface area contributed by atoms with E-state index in [1.165, 1.54) is 7.11 Å². The van der Waals surface area contributed by atoms with Gasteiger partial charge < -0.3 is 15.2 Å². The lowest BCUT2D eigenvalue weighted by atomic mass is 10.0. The summed E-state index contributed by atoms with van der Waals surface area (Å²) in [6.07, 6.45) is -0.245. The number of methoxy groups -OCH3 is 1. The van der Waals surface area contributed by atoms with Crippen LogP contribution in [0, 0.1) is 13.8 Å². The first kappa shape index (κ1) is 22.3. The molecule has 2 N–H and O–H groups in total. The van der Waals surface area contributed by atoms with Gasteiger partial charge in [0.2, 0.25) is 0 Å². The van der Waals surface area contributed by atoms with Gasteiger partial charge in [0.05, 0.1) is 19.6 Å². The highest BCUT2D eigenvalue weighted by Gasteiger charge is 2.21. The predicted molar refractivity (Wildman–Crippen MR) is 120 cm³/mol. The molecule has 0 radical (unpaired) electrons. The number of nitrogens with zero attached hydrogens (tertiary/aromatic N) is 1. The lowest BCUT2D eigenvalue weighted by Gasteiger charge is -2.18. The Bertz CT molecular complexity index is 1090. The fourth-order valence-corrected chi connectivity index (χ4v) is 3.56. The summed E-state index contributed by atoms with van der Waals surface area (Å²) in [5, 5.41) is 12.6. The fourth-order valence-electron chi connectivity index (χ4n) is 3.28. The number of aromatic nitrogens is 1. The molecule has 1 aromatic heterocycles. The van der Waals surface area contributed by atoms with Crippen LogP contribution < -0.4 is 10.1 Å². The Morgan fingerprint density at radius 2 is 1.77 bits per heavy atom. The highest BCUT2D eigenvalue weighted by Crippen LogP contribution is 2.31. The molecule has 3 rings (SSSR count). The van der Waals surface area contributed by atoms with Crippen LogP contribution in [0.15, 0.2) is 54.6 Å². The number of benzene rings is 2. The first-order chi connectivity index (χ1) is 14.8. The number of pyridine rings is 1. The van der Waals surface area contributed by atoms with Gasteiger partial charge >= 0.3 is 5.97 Å². The topological polar surface area (TPSA) is 88.5 Å². The molecule has 0 saturated carbocycles. The number of carboxylic acid groups (broad SMARTS) is 1. The molecule has 31 heavy (non-hydrogen) atoms. The second-order valence-corrected chi connectivity index (χ2v) is 7.74. The van der Waals surface area contributed by atoms with Gasteiger partial charge in [0.15, 0.2) is 0 Å². The number of carbonyl (C=O) groups excluding carboxylic acids is 1. The Hall–Kier alpha value is -3.38. The van der Waals surface area contributed by atoms with Gasteiger partial charge in [0.1, 0.15) is 17.1 Å². The predicted octanol–water partition coefficient (Wildman–Crippen LogP) is 4.97. The summed E-state index contributed by atoms with van der Waals surface area (Å²) in [6, 6.07) is 15.4. The Morgan fingerprint density at radius 3 is 2.39 bits per heavy atom. The SMILES string of the molecule is COc1ccc(C(=O)N[C@@H](CC(=O)O)c2ccc(C)cc2)nc1-c1cc(C)cc(Cl)c1. The lowest BCUT2D eigenvalue weighted by molar-refractivity contribution is -0.137. The molecule has 3 aromatic rings. The van der Waals surface area contributed by atoms with Crippen molar-refractivity contribution in [2.24, 2.45) is 0 Å². The molecule has 0 aliphatic rings. The van der Waals surface area contributed by atoms with E-state index in [1.807, 2.05) is 50.2 Å². The maximum atomic E-state index is 13.0. The van der Waals surface area contributed by atoms with Gasteiger partial charge in [-0.2, -0.15) is 0 Å². The van der Waals surface area contributed by atoms with Crippen LogP contribution in [0.2, 0.25) is 5.02 Å². The average molecular weight is 439 g/mol. The van der Waals surface area contributed by atoms with Gasteiger partial charge in [0, 0.05) is 10.6 Å². The number of nitrogens with one attached hydrogen (secondary N) is 1. The van der Waals surface area contributed by atoms with Gasteiger partial charge in [-0.05, 0) is 55.3 Å². The van der Waals surface area contributed by atoms with Crippen molar-refractivity contribution in [2.75, 3.05) is 7.11 Å². The number of aliphatic carboxylic acids is 1. The van der Waals surface area contributed by atoms with Gasteiger partial charge in [-0.1, -0.05) is 41.4 Å². The summed E-state index contributed by atoms with van der Waals surface area (Å²) in [7, 11) is 1.53. The third-order valence-corrected chi connectivity index (χ3v) is 5.01. The largest absolute Gasteiger partial charge is 0.494 e. The van der Waals surface area contributed by atoms with Gasteiger partial charge in [-0.15, -0.1) is 0 Å². The number of carbonyl (C=O) groups is 2. The summed E-state index contributed by atoms with van der Waals surface area (Å²) >= 11 is 6.19. The van der Waals surface area contributed by atoms with Gasteiger partial charge in [0.25, 0.3) is 5.91 Å². The quantitative estimate of drug-likeness (QED) is 0.543. The molecule has 0 fully saturated rings. The number of aryl methyl sites for hydroxylation is 2. The van der Waals surface area contributed by atoms with Crippen molar-refractivity contribution in [1.29, 1.82) is 0 Å². The number of rotatable bonds is 7. The van der Waals surface area contributed by atoms with E-state index in [0.717, 1.165) is 16.7 Å². The maximum Gasteiger partial charge on any atom is 0.305 e. The molecule has 7 heteroatoms. The van der Waals surface area contributed by atoms with Gasteiger partial charge in [-0.25, -0.2) is 4.98 Å². The van der Waals surface area contributed by atoms with E-state index in [2.05, 4.69) is 10.3 Å². The standard InChI is InChI=1S/C24H23ClN2O4/c1-14-4-6-16(7-5-14)20(13-22(28)29)27-24(30)19-8-9-21(31-3)23(26-19)17-10-15(2)11-18(25)12-17/h4-12,20H,13H2,1-3H3,(H,27,30)(H,28,29)/t20-/m0/s1. The molecule has 1 atom stereocenters. The Balaban J connectivity index is 1.94. The van der Waals surface area contributed by atoms with Crippen molar-refractivity contribution in [3.63, 3.8) is 0 Å². The van der Waals surface area contributed by atoms with Crippen LogP contribution in [-0.4, -0.2) is 29.1 Å². The summed E-state index contributed by atoms with van der Waals surface area (Å²) in [4.78, 5) is 28.8. The van der Waals surface area contributed by atoms with E-state index >= 15 is 0 Å². The molecule has 1 amide bonds. The van der Waals surface area contributed by atoms with Crippen LogP contribution >= 0.6 is 11.6 Å². The molecule has 0 spiro atoms. The monoisotopic (exact) mass is 438 g/mol. The minimum atomic E-state index is -1.01. The maximum absolute atomic E-state index is 13.0. The van der Waals surface area contributed by atoms with Crippen molar-refractivity contribution in [3.8, 4) is 17.0 Å². The van der Waals surface area contributed by atoms with Crippen LogP contribution in [0.5, 0.6) is 5.75 Å². The van der Waals surface area contributed by atoms with Crippen LogP contribution in [0.3, 0.4) is 0 Å². The third-order valence-electron chi connectivity index (χ3n) is 4.79. The van der Waals surface area contributed by atoms with Crippen molar-refractivity contribution >= 4 is 23.5 Å². The highest BCUT2D eigenvalue weighted by molar-refractivity contribution is 6.31. The summed E-state index contributed by atoms with van der Waals surface area (Å²) in [5.41, 5.74) is 4.05. The molecule has 0 bridgehead atoms. The van der Waals surface area contributed by atoms with E-state index in [0.29, 0.717) is 22.0 Å². The van der Waals surface area contributed by atoms with E-state index < -0.39 is 17.9 Å². The summed E-state index contributed by atoms with van der Waals surface area (Å²) in [6.45, 7) is 3.85. The van der Waals surface area contributed by atoms with Crippen molar-refractivity contribution in [1.82, 2.24) is 10.3 Å². The third kappa shape index (κ3) is 5.61. The van der Waals surface area contributed by atoms with E-state index in [-0.39, 0.29) is 12.1 Å². The number of hydrogen-bond acceptors (Lipinski definition) is 4. The first-order valence-corrected chi connectivity index (χ1v) is 10.1. The molecule has 6 nitrogen and oxygen atoms in total. The Labute approximate surface area is 185 Å². The number of amides is 1. The van der Waals surface area contributed by atoms with E-state index in [9.17, 15) is 14.7 Å². The van der Waals surface area contributed by atoms with Crippen molar-refractivity contribution in [3.05, 3.63) is 82.0 Å². The summed E-state index contributed by atoms with van der Waals surface area (Å²) < 4.78 is 5.41. The van der Waals surface area contributed by atoms with Crippen LogP contribution in [0.1, 0.15) is 39.6 Å². The first-order valence-electron chi connectivity index (χ1n) is 9.68. The Kier molecular flexibility index (Phi) is 6.92. The number of hydrogen-bond donors (Lipinski definition) is 2. The summed E-state index contributed by atoms with van der Waals surface area (Å²) in [5.74, 6) is -0.989. The fraction of sp³-hybridized carbons (Fsp3) is 0.208. The van der Waals surface area contributed by atoms with E-state index in [1.54, 1.807) is 18.2 Å². The van der Waals surface area contributed by atoms with Crippen LogP contribution in [-0.2, 0) is 4.79 Å². The minimum Gasteiger partial charge on any atom is -0.494 e. The van der Waals surface area contributed by atoms with E-state index in [4.69, 9.17) is 16.3 Å². The molecule has 0 aliphatic carbocycles. The molecule has 0 unspecified atom stereocenters. The lowest BCUT2D eigenvalue weighted by Crippen LogP contribution is -2.30. The molecule has 1 heterocycles. The normalized spacial score (nSPS) is 11.6. The Morgan fingerprint density at radius 1 is 1.06 bits per heavy atom. The smallest absolute Gasteiger partial charge is 0.305 e. The highest BCUT2D eigenvalue weighted by atomic mass is 35.5. The molecule has 2 aromatic carbocycles. The molecule has 0 saturated heterocycles. The second-order valence-electron chi connectivity index (χ2n) is 7.30. The zero-order valence-electron chi connectivity index (χ0n) is 17.5. The number of halogens is 1. The van der Waals surface area contributed by atoms with Crippen LogP contribution in [0.4, 0.5) is 0 Å².